The fourth-order valence-corrected chi connectivity index (χ4v) is 3.30. The Bertz CT molecular complexity index is 955. The molecule has 1 aromatic rings. The van der Waals surface area contributed by atoms with Gasteiger partial charge in [-0.15, -0.1) is 0 Å². The molecule has 5 atom stereocenters. The number of hydrogen-bond acceptors (Lipinski definition) is 12. The number of ketones is 1. The van der Waals surface area contributed by atoms with Gasteiger partial charge < -0.3 is 33.5 Å². The largest absolute Gasteiger partial charge is 0.507 e. The van der Waals surface area contributed by atoms with Crippen LogP contribution in [0.1, 0.15) is 45.0 Å². The molecule has 0 radical (unpaired) electrons. The quantitative estimate of drug-likeness (QED) is 0.319. The second-order valence-electron chi connectivity index (χ2n) is 7.42. The van der Waals surface area contributed by atoms with E-state index in [4.69, 9.17) is 28.4 Å². The highest BCUT2D eigenvalue weighted by Gasteiger charge is 2.53. The van der Waals surface area contributed by atoms with Gasteiger partial charge in [-0.25, -0.2) is 0 Å². The average Bonchev–Trinajstić information content (AvgIpc) is 2.69. The predicted molar refractivity (Wildman–Crippen MR) is 111 cm³/mol. The molecule has 0 unspecified atom stereocenters. The van der Waals surface area contributed by atoms with Crippen LogP contribution in [0, 0.1) is 0 Å². The van der Waals surface area contributed by atoms with Crippen molar-refractivity contribution in [2.24, 2.45) is 0 Å². The van der Waals surface area contributed by atoms with Crippen LogP contribution in [0.2, 0.25) is 0 Å². The van der Waals surface area contributed by atoms with E-state index < -0.39 is 61.2 Å². The van der Waals surface area contributed by atoms with Gasteiger partial charge in [0.1, 0.15) is 24.2 Å². The minimum absolute atomic E-state index is 0.0170. The van der Waals surface area contributed by atoms with E-state index in [1.54, 1.807) is 0 Å². The molecule has 1 aromatic carbocycles. The van der Waals surface area contributed by atoms with Crippen molar-refractivity contribution in [1.82, 2.24) is 0 Å². The van der Waals surface area contributed by atoms with Gasteiger partial charge in [0.15, 0.2) is 18.0 Å². The molecule has 186 valence electrons. The molecule has 0 aromatic heterocycles. The highest BCUT2D eigenvalue weighted by molar-refractivity contribution is 5.96. The molecule has 2 rings (SSSR count). The highest BCUT2D eigenvalue weighted by Crippen LogP contribution is 2.32. The zero-order valence-corrected chi connectivity index (χ0v) is 19.3. The summed E-state index contributed by atoms with van der Waals surface area (Å²) in [5.74, 6) is -3.71. The van der Waals surface area contributed by atoms with Crippen LogP contribution >= 0.6 is 0 Å². The van der Waals surface area contributed by atoms with Crippen LogP contribution in [-0.4, -0.2) is 72.1 Å². The van der Waals surface area contributed by atoms with Crippen LogP contribution in [0.5, 0.6) is 11.5 Å². The van der Waals surface area contributed by atoms with E-state index in [0.29, 0.717) is 0 Å². The van der Waals surface area contributed by atoms with Crippen LogP contribution in [0.3, 0.4) is 0 Å². The summed E-state index contributed by atoms with van der Waals surface area (Å²) in [6, 6.07) is 3.83. The van der Waals surface area contributed by atoms with Crippen LogP contribution in [0.25, 0.3) is 0 Å². The lowest BCUT2D eigenvalue weighted by molar-refractivity contribution is -0.288. The third kappa shape index (κ3) is 7.17. The third-order valence-electron chi connectivity index (χ3n) is 4.55. The molecule has 1 saturated heterocycles. The van der Waals surface area contributed by atoms with E-state index in [9.17, 15) is 29.1 Å². The molecular formula is C22H26O12. The maximum atomic E-state index is 11.8. The summed E-state index contributed by atoms with van der Waals surface area (Å²) in [7, 11) is 0. The van der Waals surface area contributed by atoms with Gasteiger partial charge in [0, 0.05) is 33.8 Å². The molecule has 34 heavy (non-hydrogen) atoms. The Morgan fingerprint density at radius 2 is 1.38 bits per heavy atom. The molecule has 0 spiro atoms. The molecule has 1 aliphatic heterocycles. The maximum Gasteiger partial charge on any atom is 0.303 e. The Morgan fingerprint density at radius 3 is 1.88 bits per heavy atom. The van der Waals surface area contributed by atoms with Crippen molar-refractivity contribution in [2.45, 2.75) is 65.3 Å². The number of Topliss-reactive ketones (excluding diaryl/α,β-unsaturated/α-hetero) is 1. The molecule has 0 bridgehead atoms. The number of aromatic hydroxyl groups is 1. The molecule has 1 N–H and O–H groups in total. The van der Waals surface area contributed by atoms with Gasteiger partial charge in [-0.1, -0.05) is 0 Å². The summed E-state index contributed by atoms with van der Waals surface area (Å²) >= 11 is 0. The number of hydrogen-bond donors (Lipinski definition) is 1. The van der Waals surface area contributed by atoms with E-state index >= 15 is 0 Å². The van der Waals surface area contributed by atoms with E-state index in [-0.39, 0.29) is 22.8 Å². The number of carbonyl (C=O) groups excluding carboxylic acids is 5. The molecule has 0 aliphatic carbocycles. The van der Waals surface area contributed by atoms with E-state index in [0.717, 1.165) is 33.8 Å². The Labute approximate surface area is 195 Å². The first kappa shape index (κ1) is 26.6. The van der Waals surface area contributed by atoms with Gasteiger partial charge >= 0.3 is 23.9 Å². The summed E-state index contributed by atoms with van der Waals surface area (Å²) in [5.41, 5.74) is 0.0499. The number of benzene rings is 1. The van der Waals surface area contributed by atoms with Crippen molar-refractivity contribution in [3.63, 3.8) is 0 Å². The second kappa shape index (κ2) is 11.5. The monoisotopic (exact) mass is 482 g/mol. The summed E-state index contributed by atoms with van der Waals surface area (Å²) in [6.07, 6.45) is -6.77. The predicted octanol–water partition coefficient (Wildman–Crippen LogP) is 1.06. The normalized spacial score (nSPS) is 23.9. The fraction of sp³-hybridized carbons (Fsp3) is 0.500. The van der Waals surface area contributed by atoms with Crippen molar-refractivity contribution in [1.29, 1.82) is 0 Å². The van der Waals surface area contributed by atoms with E-state index in [1.807, 2.05) is 0 Å². The molecule has 1 fully saturated rings. The molecule has 0 amide bonds. The Hall–Kier alpha value is -3.67. The smallest absolute Gasteiger partial charge is 0.303 e. The van der Waals surface area contributed by atoms with Crippen LogP contribution in [0.4, 0.5) is 0 Å². The molecule has 0 saturated carbocycles. The lowest BCUT2D eigenvalue weighted by Crippen LogP contribution is -2.63. The summed E-state index contributed by atoms with van der Waals surface area (Å²) in [4.78, 5) is 58.3. The van der Waals surface area contributed by atoms with Gasteiger partial charge in [0.05, 0.1) is 5.56 Å². The zero-order chi connectivity index (χ0) is 25.6. The van der Waals surface area contributed by atoms with Gasteiger partial charge in [0.25, 0.3) is 0 Å². The molecular weight excluding hydrogens is 456 g/mol. The van der Waals surface area contributed by atoms with Crippen molar-refractivity contribution in [3.05, 3.63) is 23.8 Å². The van der Waals surface area contributed by atoms with Crippen molar-refractivity contribution in [3.8, 4) is 11.5 Å². The van der Waals surface area contributed by atoms with Crippen LogP contribution in [-0.2, 0) is 42.9 Å². The number of esters is 4. The fourth-order valence-electron chi connectivity index (χ4n) is 3.30. The lowest BCUT2D eigenvalue weighted by Gasteiger charge is -2.43. The summed E-state index contributed by atoms with van der Waals surface area (Å²) in [5, 5.41) is 10.1. The van der Waals surface area contributed by atoms with E-state index in [1.165, 1.54) is 19.1 Å². The number of carbonyl (C=O) groups is 5. The number of phenolic OH excluding ortho intramolecular Hbond substituents is 1. The Balaban J connectivity index is 2.47. The molecule has 1 aliphatic rings. The zero-order valence-electron chi connectivity index (χ0n) is 19.3. The third-order valence-corrected chi connectivity index (χ3v) is 4.55. The lowest BCUT2D eigenvalue weighted by atomic mass is 9.98. The van der Waals surface area contributed by atoms with Gasteiger partial charge in [-0.3, -0.25) is 24.0 Å². The SMILES string of the molecule is CC(=O)OC[C@H]1O[C@H](Oc2ccc(C(C)=O)c(O)c2)[C@@H](OC(C)=O)[C@@H](OC(C)=O)[C@@H]1OC(C)=O. The maximum absolute atomic E-state index is 11.8. The first-order valence-corrected chi connectivity index (χ1v) is 10.2. The Morgan fingerprint density at radius 1 is 0.824 bits per heavy atom. The van der Waals surface area contributed by atoms with E-state index in [2.05, 4.69) is 0 Å². The summed E-state index contributed by atoms with van der Waals surface area (Å²) in [6.45, 7) is 5.32. The first-order chi connectivity index (χ1) is 15.9. The number of phenols is 1. The first-order valence-electron chi connectivity index (χ1n) is 10.2. The van der Waals surface area contributed by atoms with Crippen molar-refractivity contribution < 1.29 is 57.5 Å². The van der Waals surface area contributed by atoms with Crippen LogP contribution < -0.4 is 4.74 Å². The summed E-state index contributed by atoms with van der Waals surface area (Å²) < 4.78 is 32.4. The van der Waals surface area contributed by atoms with Crippen LogP contribution in [0.15, 0.2) is 18.2 Å². The number of ether oxygens (including phenoxy) is 6. The molecule has 1 heterocycles. The molecule has 12 nitrogen and oxygen atoms in total. The van der Waals surface area contributed by atoms with Gasteiger partial charge in [-0.05, 0) is 19.1 Å². The van der Waals surface area contributed by atoms with Gasteiger partial charge in [0.2, 0.25) is 12.4 Å². The second-order valence-corrected chi connectivity index (χ2v) is 7.42. The van der Waals surface area contributed by atoms with Crippen molar-refractivity contribution >= 4 is 29.7 Å². The Kier molecular flexibility index (Phi) is 8.96. The highest BCUT2D eigenvalue weighted by atomic mass is 16.7. The van der Waals surface area contributed by atoms with Crippen molar-refractivity contribution in [2.75, 3.05) is 6.61 Å². The molecule has 12 heteroatoms. The number of rotatable bonds is 8. The topological polar surface area (TPSA) is 161 Å². The van der Waals surface area contributed by atoms with Gasteiger partial charge in [-0.2, -0.15) is 0 Å². The minimum Gasteiger partial charge on any atom is -0.507 e. The minimum atomic E-state index is -1.46. The standard InChI is InChI=1S/C22H26O12/c1-10(23)16-7-6-15(8-17(16)28)33-22-21(32-14(5)27)20(31-13(4)26)19(30-12(3)25)18(34-22)9-29-11(2)24/h6-8,18-22,28H,9H2,1-5H3/t18-,19-,20+,21+,22+/m1/s1. The average molecular weight is 482 g/mol.